The average Bonchev–Trinajstić information content (AvgIpc) is 2.70. The molecule has 0 aromatic heterocycles. The maximum atomic E-state index is 12.5. The molecule has 1 amide bonds. The van der Waals surface area contributed by atoms with E-state index in [-0.39, 0.29) is 5.91 Å². The average molecular weight is 351 g/mol. The summed E-state index contributed by atoms with van der Waals surface area (Å²) in [4.78, 5) is 12.5. The number of ether oxygens (including phenoxy) is 3. The molecule has 1 N–H and O–H groups in total. The predicted molar refractivity (Wildman–Crippen MR) is 101 cm³/mol. The lowest BCUT2D eigenvalue weighted by molar-refractivity contribution is 0.0948. The number of benzene rings is 3. The molecular formula is C21H21NO4. The molecule has 0 bridgehead atoms. The fraction of sp³-hybridized carbons (Fsp3) is 0.190. The first-order valence-corrected chi connectivity index (χ1v) is 8.21. The Morgan fingerprint density at radius 2 is 1.46 bits per heavy atom. The van der Waals surface area contributed by atoms with Gasteiger partial charge in [-0.1, -0.05) is 18.2 Å². The van der Waals surface area contributed by atoms with Crippen molar-refractivity contribution in [2.24, 2.45) is 0 Å². The van der Waals surface area contributed by atoms with E-state index in [1.807, 2.05) is 30.3 Å². The highest BCUT2D eigenvalue weighted by Crippen LogP contribution is 2.25. The van der Waals surface area contributed by atoms with Crippen molar-refractivity contribution in [3.63, 3.8) is 0 Å². The van der Waals surface area contributed by atoms with Gasteiger partial charge in [-0.05, 0) is 46.7 Å². The number of hydrogen-bond donors (Lipinski definition) is 1. The Hall–Kier alpha value is -3.21. The topological polar surface area (TPSA) is 56.8 Å². The number of carbonyl (C=O) groups excluding carboxylic acids is 1. The van der Waals surface area contributed by atoms with Crippen molar-refractivity contribution in [1.82, 2.24) is 5.32 Å². The number of nitrogens with one attached hydrogen (secondary N) is 1. The summed E-state index contributed by atoms with van der Waals surface area (Å²) in [5, 5.41) is 5.12. The Bertz CT molecular complexity index is 936. The van der Waals surface area contributed by atoms with Crippen molar-refractivity contribution in [3.05, 3.63) is 65.7 Å². The van der Waals surface area contributed by atoms with Crippen molar-refractivity contribution in [1.29, 1.82) is 0 Å². The summed E-state index contributed by atoms with van der Waals surface area (Å²) >= 11 is 0. The van der Waals surface area contributed by atoms with E-state index in [0.717, 1.165) is 22.1 Å². The molecule has 0 saturated carbocycles. The summed E-state index contributed by atoms with van der Waals surface area (Å²) in [6.07, 6.45) is 0. The van der Waals surface area contributed by atoms with Gasteiger partial charge in [0.2, 0.25) is 0 Å². The molecule has 0 aliphatic rings. The molecule has 0 unspecified atom stereocenters. The Morgan fingerprint density at radius 3 is 2.19 bits per heavy atom. The molecule has 3 aromatic rings. The molecule has 26 heavy (non-hydrogen) atoms. The largest absolute Gasteiger partial charge is 0.497 e. The number of fused-ring (bicyclic) bond motifs is 1. The molecule has 0 fully saturated rings. The zero-order valence-corrected chi connectivity index (χ0v) is 15.0. The molecule has 0 heterocycles. The second-order valence-corrected chi connectivity index (χ2v) is 5.80. The van der Waals surface area contributed by atoms with Crippen LogP contribution >= 0.6 is 0 Å². The quantitative estimate of drug-likeness (QED) is 0.734. The van der Waals surface area contributed by atoms with Crippen LogP contribution in [0.2, 0.25) is 0 Å². The van der Waals surface area contributed by atoms with Crippen LogP contribution in [0.3, 0.4) is 0 Å². The lowest BCUT2D eigenvalue weighted by atomic mass is 10.1. The highest BCUT2D eigenvalue weighted by atomic mass is 16.5. The van der Waals surface area contributed by atoms with Gasteiger partial charge in [-0.2, -0.15) is 0 Å². The van der Waals surface area contributed by atoms with E-state index in [9.17, 15) is 4.79 Å². The monoisotopic (exact) mass is 351 g/mol. The number of carbonyl (C=O) groups is 1. The summed E-state index contributed by atoms with van der Waals surface area (Å²) in [7, 11) is 4.76. The van der Waals surface area contributed by atoms with E-state index in [1.54, 1.807) is 32.4 Å². The molecular weight excluding hydrogens is 330 g/mol. The first kappa shape index (κ1) is 17.6. The zero-order chi connectivity index (χ0) is 18.5. The second-order valence-electron chi connectivity index (χ2n) is 5.80. The van der Waals surface area contributed by atoms with E-state index in [0.29, 0.717) is 23.6 Å². The van der Waals surface area contributed by atoms with Gasteiger partial charge in [-0.15, -0.1) is 0 Å². The van der Waals surface area contributed by atoms with Crippen LogP contribution < -0.4 is 19.5 Å². The number of hydrogen-bond acceptors (Lipinski definition) is 4. The van der Waals surface area contributed by atoms with Gasteiger partial charge in [0.05, 0.1) is 26.9 Å². The van der Waals surface area contributed by atoms with E-state index in [2.05, 4.69) is 11.4 Å². The summed E-state index contributed by atoms with van der Waals surface area (Å²) in [5.41, 5.74) is 1.49. The molecule has 0 saturated heterocycles. The van der Waals surface area contributed by atoms with E-state index in [1.165, 1.54) is 7.11 Å². The third-order valence-electron chi connectivity index (χ3n) is 4.22. The predicted octanol–water partition coefficient (Wildman–Crippen LogP) is 3.80. The molecule has 3 rings (SSSR count). The van der Waals surface area contributed by atoms with Crippen molar-refractivity contribution >= 4 is 16.7 Å². The van der Waals surface area contributed by atoms with Gasteiger partial charge in [0, 0.05) is 12.6 Å². The van der Waals surface area contributed by atoms with Crippen molar-refractivity contribution in [2.75, 3.05) is 21.3 Å². The highest BCUT2D eigenvalue weighted by molar-refractivity contribution is 5.97. The van der Waals surface area contributed by atoms with Gasteiger partial charge < -0.3 is 19.5 Å². The first-order chi connectivity index (χ1) is 12.6. The minimum Gasteiger partial charge on any atom is -0.497 e. The van der Waals surface area contributed by atoms with Gasteiger partial charge in [0.25, 0.3) is 5.91 Å². The smallest absolute Gasteiger partial charge is 0.255 e. The van der Waals surface area contributed by atoms with Crippen LogP contribution in [0, 0.1) is 0 Å². The van der Waals surface area contributed by atoms with Crippen molar-refractivity contribution in [2.45, 2.75) is 6.54 Å². The summed E-state index contributed by atoms with van der Waals surface area (Å²) in [5.74, 6) is 1.75. The lowest BCUT2D eigenvalue weighted by Gasteiger charge is -2.11. The molecule has 0 spiro atoms. The van der Waals surface area contributed by atoms with Gasteiger partial charge in [0.1, 0.15) is 17.2 Å². The third-order valence-corrected chi connectivity index (χ3v) is 4.22. The van der Waals surface area contributed by atoms with Gasteiger partial charge in [-0.25, -0.2) is 0 Å². The van der Waals surface area contributed by atoms with Crippen LogP contribution in [0.5, 0.6) is 17.2 Å². The minimum absolute atomic E-state index is 0.195. The molecule has 134 valence electrons. The first-order valence-electron chi connectivity index (χ1n) is 8.21. The highest BCUT2D eigenvalue weighted by Gasteiger charge is 2.13. The maximum Gasteiger partial charge on any atom is 0.255 e. The third kappa shape index (κ3) is 3.72. The normalized spacial score (nSPS) is 10.4. The SMILES string of the molecule is COc1ccc(C(=O)NCc2ccc3cc(OC)ccc3c2)c(OC)c1. The molecule has 0 aliphatic heterocycles. The van der Waals surface area contributed by atoms with Crippen LogP contribution in [-0.2, 0) is 6.54 Å². The summed E-state index contributed by atoms with van der Waals surface area (Å²) in [6.45, 7) is 0.427. The minimum atomic E-state index is -0.195. The second kappa shape index (κ2) is 7.78. The van der Waals surface area contributed by atoms with Gasteiger partial charge in [0.15, 0.2) is 0 Å². The van der Waals surface area contributed by atoms with E-state index >= 15 is 0 Å². The molecule has 3 aromatic carbocycles. The standard InChI is InChI=1S/C21H21NO4/c1-24-17-7-6-15-10-14(4-5-16(15)11-17)13-22-21(23)19-9-8-18(25-2)12-20(19)26-3/h4-12H,13H2,1-3H3,(H,22,23). The van der Waals surface area contributed by atoms with Crippen LogP contribution in [0.15, 0.2) is 54.6 Å². The Labute approximate surface area is 152 Å². The van der Waals surface area contributed by atoms with E-state index in [4.69, 9.17) is 14.2 Å². The van der Waals surface area contributed by atoms with Crippen LogP contribution in [0.1, 0.15) is 15.9 Å². The molecule has 0 aliphatic carbocycles. The number of rotatable bonds is 6. The lowest BCUT2D eigenvalue weighted by Crippen LogP contribution is -2.23. The number of methoxy groups -OCH3 is 3. The van der Waals surface area contributed by atoms with Crippen LogP contribution in [0.4, 0.5) is 0 Å². The van der Waals surface area contributed by atoms with Crippen molar-refractivity contribution in [3.8, 4) is 17.2 Å². The van der Waals surface area contributed by atoms with Gasteiger partial charge >= 0.3 is 0 Å². The van der Waals surface area contributed by atoms with Gasteiger partial charge in [-0.3, -0.25) is 4.79 Å². The Kier molecular flexibility index (Phi) is 5.27. The Balaban J connectivity index is 1.74. The molecule has 0 radical (unpaired) electrons. The summed E-state index contributed by atoms with van der Waals surface area (Å²) in [6, 6.07) is 17.1. The van der Waals surface area contributed by atoms with Crippen LogP contribution in [-0.4, -0.2) is 27.2 Å². The fourth-order valence-electron chi connectivity index (χ4n) is 2.77. The van der Waals surface area contributed by atoms with E-state index < -0.39 is 0 Å². The van der Waals surface area contributed by atoms with Crippen molar-refractivity contribution < 1.29 is 19.0 Å². The fourth-order valence-corrected chi connectivity index (χ4v) is 2.77. The molecule has 0 atom stereocenters. The van der Waals surface area contributed by atoms with Crippen LogP contribution in [0.25, 0.3) is 10.8 Å². The maximum absolute atomic E-state index is 12.5. The number of amides is 1. The Morgan fingerprint density at radius 1 is 0.808 bits per heavy atom. The molecule has 5 nitrogen and oxygen atoms in total. The molecule has 5 heteroatoms. The zero-order valence-electron chi connectivity index (χ0n) is 15.0. The summed E-state index contributed by atoms with van der Waals surface area (Å²) < 4.78 is 15.7.